The maximum absolute atomic E-state index is 12.4. The fourth-order valence-electron chi connectivity index (χ4n) is 2.90. The number of aromatic amines is 1. The Morgan fingerprint density at radius 2 is 2.14 bits per heavy atom. The predicted molar refractivity (Wildman–Crippen MR) is 77.9 cm³/mol. The smallest absolute Gasteiger partial charge is 0.251 e. The fraction of sp³-hybridized carbons (Fsp3) is 0.467. The van der Waals surface area contributed by atoms with Crippen LogP contribution in [0.15, 0.2) is 18.2 Å². The highest BCUT2D eigenvalue weighted by Crippen LogP contribution is 2.32. The molecule has 6 nitrogen and oxygen atoms in total. The molecule has 0 aliphatic heterocycles. The molecule has 1 heterocycles. The molecule has 2 N–H and O–H groups in total. The summed E-state index contributed by atoms with van der Waals surface area (Å²) in [6.07, 6.45) is 3.00. The molecule has 110 valence electrons. The first-order chi connectivity index (χ1) is 10.1. The average molecular weight is 285 g/mol. The van der Waals surface area contributed by atoms with Crippen LogP contribution in [0.5, 0.6) is 0 Å². The second kappa shape index (κ2) is 5.63. The van der Waals surface area contributed by atoms with E-state index in [1.165, 1.54) is 5.56 Å². The third kappa shape index (κ3) is 2.79. The summed E-state index contributed by atoms with van der Waals surface area (Å²) in [4.78, 5) is 12.4. The molecule has 6 heteroatoms. The number of amides is 1. The molecule has 1 aliphatic carbocycles. The van der Waals surface area contributed by atoms with Gasteiger partial charge in [-0.15, -0.1) is 10.2 Å². The van der Waals surface area contributed by atoms with Gasteiger partial charge >= 0.3 is 0 Å². The van der Waals surface area contributed by atoms with Crippen molar-refractivity contribution in [2.24, 2.45) is 0 Å². The number of aromatic nitrogens is 4. The monoisotopic (exact) mass is 285 g/mol. The van der Waals surface area contributed by atoms with Crippen molar-refractivity contribution < 1.29 is 4.79 Å². The molecule has 2 aromatic rings. The molecular formula is C15H19N5O. The molecule has 1 amide bonds. The second-order valence-electron chi connectivity index (χ2n) is 5.69. The molecule has 1 aromatic carbocycles. The van der Waals surface area contributed by atoms with Crippen LogP contribution >= 0.6 is 0 Å². The lowest BCUT2D eigenvalue weighted by Crippen LogP contribution is -2.36. The van der Waals surface area contributed by atoms with Crippen LogP contribution in [0.4, 0.5) is 0 Å². The van der Waals surface area contributed by atoms with Gasteiger partial charge in [0.15, 0.2) is 5.82 Å². The van der Waals surface area contributed by atoms with Crippen LogP contribution < -0.4 is 5.32 Å². The maximum atomic E-state index is 12.4. The molecule has 0 saturated heterocycles. The van der Waals surface area contributed by atoms with Gasteiger partial charge in [0.2, 0.25) is 0 Å². The number of H-pyrrole nitrogens is 1. The van der Waals surface area contributed by atoms with Crippen molar-refractivity contribution in [3.63, 3.8) is 0 Å². The Labute approximate surface area is 123 Å². The molecule has 1 saturated carbocycles. The van der Waals surface area contributed by atoms with E-state index in [0.717, 1.165) is 24.8 Å². The minimum Gasteiger partial charge on any atom is -0.349 e. The number of hydrogen-bond donors (Lipinski definition) is 2. The highest BCUT2D eigenvalue weighted by molar-refractivity contribution is 5.94. The lowest BCUT2D eigenvalue weighted by molar-refractivity contribution is 0.0934. The van der Waals surface area contributed by atoms with E-state index >= 15 is 0 Å². The number of nitrogens with zero attached hydrogens (tertiary/aromatic N) is 3. The van der Waals surface area contributed by atoms with Gasteiger partial charge in [0, 0.05) is 17.5 Å². The van der Waals surface area contributed by atoms with Crippen LogP contribution in [0.25, 0.3) is 0 Å². The third-order valence-electron chi connectivity index (χ3n) is 4.29. The van der Waals surface area contributed by atoms with Crippen molar-refractivity contribution in [3.8, 4) is 0 Å². The lowest BCUT2D eigenvalue weighted by atomic mass is 10.0. The summed E-state index contributed by atoms with van der Waals surface area (Å²) in [5, 5.41) is 17.3. The highest BCUT2D eigenvalue weighted by Gasteiger charge is 2.32. The molecule has 1 fully saturated rings. The van der Waals surface area contributed by atoms with Gasteiger partial charge in [0.1, 0.15) is 0 Å². The molecule has 2 unspecified atom stereocenters. The number of aryl methyl sites for hydroxylation is 2. The third-order valence-corrected chi connectivity index (χ3v) is 4.29. The van der Waals surface area contributed by atoms with E-state index in [4.69, 9.17) is 0 Å². The van der Waals surface area contributed by atoms with Crippen molar-refractivity contribution in [2.75, 3.05) is 0 Å². The van der Waals surface area contributed by atoms with Crippen molar-refractivity contribution in [1.82, 2.24) is 25.9 Å². The van der Waals surface area contributed by atoms with Crippen LogP contribution in [0.2, 0.25) is 0 Å². The summed E-state index contributed by atoms with van der Waals surface area (Å²) < 4.78 is 0. The van der Waals surface area contributed by atoms with Crippen molar-refractivity contribution in [3.05, 3.63) is 40.7 Å². The standard InChI is InChI=1S/C15H19N5O/c1-9-6-7-11(8-10(9)2)15(21)16-13-5-3-4-12(13)14-17-19-20-18-14/h6-8,12-13H,3-5H2,1-2H3,(H,16,21)(H,17,18,19,20). The summed E-state index contributed by atoms with van der Waals surface area (Å²) >= 11 is 0. The van der Waals surface area contributed by atoms with E-state index in [9.17, 15) is 4.79 Å². The van der Waals surface area contributed by atoms with Crippen LogP contribution in [0.3, 0.4) is 0 Å². The van der Waals surface area contributed by atoms with Gasteiger partial charge in [0.25, 0.3) is 5.91 Å². The predicted octanol–water partition coefficient (Wildman–Crippen LogP) is 1.88. The normalized spacial score (nSPS) is 21.4. The summed E-state index contributed by atoms with van der Waals surface area (Å²) in [6.45, 7) is 4.06. The van der Waals surface area contributed by atoms with Gasteiger partial charge in [-0.25, -0.2) is 0 Å². The van der Waals surface area contributed by atoms with Gasteiger partial charge in [-0.1, -0.05) is 17.7 Å². The Morgan fingerprint density at radius 1 is 1.29 bits per heavy atom. The van der Waals surface area contributed by atoms with Gasteiger partial charge in [-0.3, -0.25) is 4.79 Å². The Morgan fingerprint density at radius 3 is 2.86 bits per heavy atom. The van der Waals surface area contributed by atoms with E-state index in [1.54, 1.807) is 0 Å². The molecule has 2 atom stereocenters. The number of benzene rings is 1. The molecule has 0 radical (unpaired) electrons. The molecule has 1 aromatic heterocycles. The average Bonchev–Trinajstić information content (AvgIpc) is 3.12. The maximum Gasteiger partial charge on any atom is 0.251 e. The van der Waals surface area contributed by atoms with Gasteiger partial charge in [0.05, 0.1) is 0 Å². The van der Waals surface area contributed by atoms with E-state index in [1.807, 2.05) is 32.0 Å². The van der Waals surface area contributed by atoms with E-state index in [0.29, 0.717) is 11.4 Å². The first-order valence-corrected chi connectivity index (χ1v) is 7.26. The Bertz CT molecular complexity index is 638. The van der Waals surface area contributed by atoms with Crippen molar-refractivity contribution >= 4 is 5.91 Å². The second-order valence-corrected chi connectivity index (χ2v) is 5.69. The minimum absolute atomic E-state index is 0.0292. The first-order valence-electron chi connectivity index (χ1n) is 7.26. The fourth-order valence-corrected chi connectivity index (χ4v) is 2.90. The van der Waals surface area contributed by atoms with Gasteiger partial charge in [-0.2, -0.15) is 5.21 Å². The number of hydrogen-bond acceptors (Lipinski definition) is 4. The minimum atomic E-state index is -0.0292. The summed E-state index contributed by atoms with van der Waals surface area (Å²) in [6, 6.07) is 5.87. The molecule has 3 rings (SSSR count). The van der Waals surface area contributed by atoms with Gasteiger partial charge in [-0.05, 0) is 49.9 Å². The van der Waals surface area contributed by atoms with E-state index in [-0.39, 0.29) is 17.9 Å². The molecule has 0 bridgehead atoms. The topological polar surface area (TPSA) is 83.6 Å². The zero-order valence-electron chi connectivity index (χ0n) is 12.3. The number of rotatable bonds is 3. The first kappa shape index (κ1) is 13.7. The Hall–Kier alpha value is -2.24. The SMILES string of the molecule is Cc1ccc(C(=O)NC2CCCC2c2nn[nH]n2)cc1C. The quantitative estimate of drug-likeness (QED) is 0.902. The number of carbonyl (C=O) groups is 1. The van der Waals surface area contributed by atoms with Crippen LogP contribution in [-0.4, -0.2) is 32.6 Å². The van der Waals surface area contributed by atoms with Crippen molar-refractivity contribution in [1.29, 1.82) is 0 Å². The lowest BCUT2D eigenvalue weighted by Gasteiger charge is -2.18. The van der Waals surface area contributed by atoms with E-state index in [2.05, 4.69) is 25.9 Å². The summed E-state index contributed by atoms with van der Waals surface area (Å²) in [7, 11) is 0. The number of carbonyl (C=O) groups excluding carboxylic acids is 1. The summed E-state index contributed by atoms with van der Waals surface area (Å²) in [5.41, 5.74) is 3.03. The zero-order chi connectivity index (χ0) is 14.8. The number of tetrazole rings is 1. The Balaban J connectivity index is 1.73. The largest absolute Gasteiger partial charge is 0.349 e. The van der Waals surface area contributed by atoms with Crippen LogP contribution in [0, 0.1) is 13.8 Å². The highest BCUT2D eigenvalue weighted by atomic mass is 16.1. The molecule has 1 aliphatic rings. The molecule has 0 spiro atoms. The van der Waals surface area contributed by atoms with Crippen LogP contribution in [0.1, 0.15) is 52.5 Å². The molecule has 21 heavy (non-hydrogen) atoms. The van der Waals surface area contributed by atoms with Crippen LogP contribution in [-0.2, 0) is 0 Å². The number of nitrogens with one attached hydrogen (secondary N) is 2. The summed E-state index contributed by atoms with van der Waals surface area (Å²) in [5.74, 6) is 0.815. The zero-order valence-corrected chi connectivity index (χ0v) is 12.3. The van der Waals surface area contributed by atoms with E-state index < -0.39 is 0 Å². The van der Waals surface area contributed by atoms with Crippen molar-refractivity contribution in [2.45, 2.75) is 45.1 Å². The molecular weight excluding hydrogens is 266 g/mol. The van der Waals surface area contributed by atoms with Gasteiger partial charge < -0.3 is 5.32 Å². The Kier molecular flexibility index (Phi) is 3.68.